The first-order valence-electron chi connectivity index (χ1n) is 7.34. The molecule has 0 heterocycles. The van der Waals surface area contributed by atoms with Crippen molar-refractivity contribution in [1.29, 1.82) is 0 Å². The second kappa shape index (κ2) is 8.01. The summed E-state index contributed by atoms with van der Waals surface area (Å²) in [6, 6.07) is 13.6. The van der Waals surface area contributed by atoms with E-state index in [0.29, 0.717) is 22.7 Å². The third kappa shape index (κ3) is 4.25. The van der Waals surface area contributed by atoms with E-state index < -0.39 is 12.1 Å². The van der Waals surface area contributed by atoms with Crippen molar-refractivity contribution in [2.45, 2.75) is 13.0 Å². The van der Waals surface area contributed by atoms with E-state index in [1.807, 2.05) is 6.07 Å². The van der Waals surface area contributed by atoms with E-state index in [4.69, 9.17) is 9.47 Å². The van der Waals surface area contributed by atoms with Gasteiger partial charge in [-0.3, -0.25) is 4.79 Å². The molecule has 2 rings (SSSR count). The van der Waals surface area contributed by atoms with Crippen LogP contribution in [0.2, 0.25) is 0 Å². The molecule has 0 fully saturated rings. The highest BCUT2D eigenvalue weighted by molar-refractivity contribution is 5.96. The molecule has 6 nitrogen and oxygen atoms in total. The zero-order chi connectivity index (χ0) is 17.5. The van der Waals surface area contributed by atoms with Gasteiger partial charge in [0.15, 0.2) is 17.6 Å². The van der Waals surface area contributed by atoms with Crippen LogP contribution in [0.15, 0.2) is 48.5 Å². The van der Waals surface area contributed by atoms with Crippen LogP contribution in [-0.4, -0.2) is 32.2 Å². The van der Waals surface area contributed by atoms with E-state index in [1.54, 1.807) is 49.4 Å². The van der Waals surface area contributed by atoms with E-state index in [1.165, 1.54) is 14.2 Å². The largest absolute Gasteiger partial charge is 0.493 e. The van der Waals surface area contributed by atoms with Gasteiger partial charge in [-0.05, 0) is 37.3 Å². The molecule has 0 unspecified atom stereocenters. The molecule has 0 aromatic heterocycles. The average molecular weight is 329 g/mol. The number of esters is 1. The van der Waals surface area contributed by atoms with Crippen LogP contribution in [0, 0.1) is 0 Å². The lowest BCUT2D eigenvalue weighted by Crippen LogP contribution is -2.30. The van der Waals surface area contributed by atoms with E-state index in [9.17, 15) is 9.59 Å². The molecule has 0 radical (unpaired) electrons. The fourth-order valence-corrected chi connectivity index (χ4v) is 2.05. The number of nitrogens with one attached hydrogen (secondary N) is 1. The summed E-state index contributed by atoms with van der Waals surface area (Å²) < 4.78 is 15.5. The maximum absolute atomic E-state index is 12.3. The highest BCUT2D eigenvalue weighted by Crippen LogP contribution is 2.27. The van der Waals surface area contributed by atoms with Gasteiger partial charge < -0.3 is 19.5 Å². The van der Waals surface area contributed by atoms with E-state index in [0.717, 1.165) is 0 Å². The van der Waals surface area contributed by atoms with Crippen LogP contribution < -0.4 is 14.8 Å². The standard InChI is InChI=1S/C18H19NO5/c1-12(24-16-10-5-4-9-15(16)22-2)17(20)19-14-8-6-7-13(11-14)18(21)23-3/h4-12H,1-3H3,(H,19,20)/t12-/m0/s1. The zero-order valence-corrected chi connectivity index (χ0v) is 13.7. The van der Waals surface area contributed by atoms with Crippen molar-refractivity contribution in [3.05, 3.63) is 54.1 Å². The molecule has 0 spiro atoms. The Kier molecular flexibility index (Phi) is 5.78. The molecular weight excluding hydrogens is 310 g/mol. The summed E-state index contributed by atoms with van der Waals surface area (Å²) in [6.45, 7) is 1.63. The van der Waals surface area contributed by atoms with Gasteiger partial charge in [0.2, 0.25) is 0 Å². The minimum Gasteiger partial charge on any atom is -0.493 e. The van der Waals surface area contributed by atoms with Crippen molar-refractivity contribution in [3.8, 4) is 11.5 Å². The third-order valence-electron chi connectivity index (χ3n) is 3.29. The fraction of sp³-hybridized carbons (Fsp3) is 0.222. The topological polar surface area (TPSA) is 73.9 Å². The average Bonchev–Trinajstić information content (AvgIpc) is 2.61. The molecule has 0 aliphatic carbocycles. The van der Waals surface area contributed by atoms with Gasteiger partial charge in [-0.1, -0.05) is 18.2 Å². The van der Waals surface area contributed by atoms with Gasteiger partial charge in [0.05, 0.1) is 19.8 Å². The first kappa shape index (κ1) is 17.3. The molecule has 2 aromatic rings. The lowest BCUT2D eigenvalue weighted by molar-refractivity contribution is -0.122. The van der Waals surface area contributed by atoms with Gasteiger partial charge >= 0.3 is 5.97 Å². The quantitative estimate of drug-likeness (QED) is 0.825. The molecule has 0 saturated carbocycles. The second-order valence-corrected chi connectivity index (χ2v) is 4.97. The summed E-state index contributed by atoms with van der Waals surface area (Å²) in [5, 5.41) is 2.71. The summed E-state index contributed by atoms with van der Waals surface area (Å²) >= 11 is 0. The number of benzene rings is 2. The predicted molar refractivity (Wildman–Crippen MR) is 89.5 cm³/mol. The van der Waals surface area contributed by atoms with Crippen molar-refractivity contribution in [1.82, 2.24) is 0 Å². The molecule has 0 bridgehead atoms. The summed E-state index contributed by atoms with van der Waals surface area (Å²) in [4.78, 5) is 23.8. The number of rotatable bonds is 6. The molecular formula is C18H19NO5. The highest BCUT2D eigenvalue weighted by atomic mass is 16.5. The normalized spacial score (nSPS) is 11.3. The number of methoxy groups -OCH3 is 2. The van der Waals surface area contributed by atoms with Crippen LogP contribution in [0.1, 0.15) is 17.3 Å². The number of hydrogen-bond donors (Lipinski definition) is 1. The Bertz CT molecular complexity index is 729. The summed E-state index contributed by atoms with van der Waals surface area (Å²) in [7, 11) is 2.84. The van der Waals surface area contributed by atoms with Crippen molar-refractivity contribution >= 4 is 17.6 Å². The monoisotopic (exact) mass is 329 g/mol. The predicted octanol–water partition coefficient (Wildman–Crippen LogP) is 2.89. The Balaban J connectivity index is 2.05. The number of para-hydroxylation sites is 2. The van der Waals surface area contributed by atoms with Crippen molar-refractivity contribution in [3.63, 3.8) is 0 Å². The van der Waals surface area contributed by atoms with Crippen LogP contribution in [0.3, 0.4) is 0 Å². The smallest absolute Gasteiger partial charge is 0.337 e. The molecule has 126 valence electrons. The SMILES string of the molecule is COC(=O)c1cccc(NC(=O)[C@H](C)Oc2ccccc2OC)c1. The van der Waals surface area contributed by atoms with Gasteiger partial charge in [0.1, 0.15) is 0 Å². The minimum atomic E-state index is -0.747. The molecule has 2 aromatic carbocycles. The van der Waals surface area contributed by atoms with Crippen LogP contribution in [-0.2, 0) is 9.53 Å². The summed E-state index contributed by atoms with van der Waals surface area (Å²) in [6.07, 6.45) is -0.747. The van der Waals surface area contributed by atoms with Crippen LogP contribution in [0.5, 0.6) is 11.5 Å². The first-order chi connectivity index (χ1) is 11.5. The molecule has 24 heavy (non-hydrogen) atoms. The van der Waals surface area contributed by atoms with Gasteiger partial charge in [-0.2, -0.15) is 0 Å². The van der Waals surface area contributed by atoms with Crippen LogP contribution in [0.25, 0.3) is 0 Å². The number of hydrogen-bond acceptors (Lipinski definition) is 5. The number of ether oxygens (including phenoxy) is 3. The second-order valence-electron chi connectivity index (χ2n) is 4.97. The Morgan fingerprint density at radius 3 is 2.38 bits per heavy atom. The lowest BCUT2D eigenvalue weighted by atomic mass is 10.2. The molecule has 1 atom stereocenters. The first-order valence-corrected chi connectivity index (χ1v) is 7.34. The molecule has 0 aliphatic rings. The molecule has 1 amide bonds. The van der Waals surface area contributed by atoms with Gasteiger partial charge in [-0.15, -0.1) is 0 Å². The Morgan fingerprint density at radius 1 is 1.00 bits per heavy atom. The number of amides is 1. The maximum atomic E-state index is 12.3. The number of anilines is 1. The Labute approximate surface area is 140 Å². The van der Waals surface area contributed by atoms with Gasteiger partial charge in [0, 0.05) is 5.69 Å². The van der Waals surface area contributed by atoms with E-state index in [-0.39, 0.29) is 5.91 Å². The van der Waals surface area contributed by atoms with Gasteiger partial charge in [-0.25, -0.2) is 4.79 Å². The van der Waals surface area contributed by atoms with Gasteiger partial charge in [0.25, 0.3) is 5.91 Å². The number of carbonyl (C=O) groups is 2. The molecule has 0 saturated heterocycles. The fourth-order valence-electron chi connectivity index (χ4n) is 2.05. The lowest BCUT2D eigenvalue weighted by Gasteiger charge is -2.16. The minimum absolute atomic E-state index is 0.345. The van der Waals surface area contributed by atoms with Crippen LogP contribution >= 0.6 is 0 Å². The summed E-state index contributed by atoms with van der Waals surface area (Å²) in [5.41, 5.74) is 0.840. The number of carbonyl (C=O) groups excluding carboxylic acids is 2. The molecule has 0 aliphatic heterocycles. The highest BCUT2D eigenvalue weighted by Gasteiger charge is 2.17. The van der Waals surface area contributed by atoms with Crippen molar-refractivity contribution < 1.29 is 23.8 Å². The van der Waals surface area contributed by atoms with E-state index in [2.05, 4.69) is 10.1 Å². The third-order valence-corrected chi connectivity index (χ3v) is 3.29. The Morgan fingerprint density at radius 2 is 1.71 bits per heavy atom. The Hall–Kier alpha value is -3.02. The van der Waals surface area contributed by atoms with Crippen molar-refractivity contribution in [2.24, 2.45) is 0 Å². The van der Waals surface area contributed by atoms with Crippen LogP contribution in [0.4, 0.5) is 5.69 Å². The zero-order valence-electron chi connectivity index (χ0n) is 13.7. The maximum Gasteiger partial charge on any atom is 0.337 e. The van der Waals surface area contributed by atoms with Crippen molar-refractivity contribution in [2.75, 3.05) is 19.5 Å². The molecule has 6 heteroatoms. The molecule has 1 N–H and O–H groups in total. The van der Waals surface area contributed by atoms with E-state index >= 15 is 0 Å². The summed E-state index contributed by atoms with van der Waals surface area (Å²) in [5.74, 6) is 0.211.